The van der Waals surface area contributed by atoms with Crippen LogP contribution in [0.5, 0.6) is 0 Å². The Bertz CT molecular complexity index is 742. The predicted octanol–water partition coefficient (Wildman–Crippen LogP) is 2.85. The van der Waals surface area contributed by atoms with Crippen LogP contribution in [-0.4, -0.2) is 42.8 Å². The normalized spacial score (nSPS) is 43.4. The van der Waals surface area contributed by atoms with Gasteiger partial charge in [-0.2, -0.15) is 0 Å². The highest BCUT2D eigenvalue weighted by molar-refractivity contribution is 5.81. The number of nitrogens with one attached hydrogen (secondary N) is 1. The zero-order chi connectivity index (χ0) is 17.5. The molecule has 1 aromatic rings. The lowest BCUT2D eigenvalue weighted by molar-refractivity contribution is -0.140. The molecule has 2 aliphatic heterocycles. The molecule has 1 aromatic carbocycles. The molecule has 5 aliphatic rings. The summed E-state index contributed by atoms with van der Waals surface area (Å²) in [6.45, 7) is 5.71. The van der Waals surface area contributed by atoms with Gasteiger partial charge in [-0.1, -0.05) is 31.2 Å². The van der Waals surface area contributed by atoms with Gasteiger partial charge in [0.2, 0.25) is 5.91 Å². The quantitative estimate of drug-likeness (QED) is 0.909. The summed E-state index contributed by atoms with van der Waals surface area (Å²) in [4.78, 5) is 15.1. The number of hydrogen-bond acceptors (Lipinski definition) is 3. The van der Waals surface area contributed by atoms with E-state index in [1.54, 1.807) is 0 Å². The predicted molar refractivity (Wildman–Crippen MR) is 98.7 cm³/mol. The Labute approximate surface area is 155 Å². The van der Waals surface area contributed by atoms with Crippen molar-refractivity contribution in [3.8, 4) is 0 Å². The van der Waals surface area contributed by atoms with Crippen LogP contribution in [0.4, 0.5) is 0 Å². The van der Waals surface area contributed by atoms with E-state index in [-0.39, 0.29) is 11.5 Å². The highest BCUT2D eigenvalue weighted by Gasteiger charge is 2.67. The molecule has 1 amide bonds. The maximum Gasteiger partial charge on any atom is 0.225 e. The van der Waals surface area contributed by atoms with E-state index in [0.29, 0.717) is 29.9 Å². The van der Waals surface area contributed by atoms with Gasteiger partial charge in [0.05, 0.1) is 13.3 Å². The van der Waals surface area contributed by atoms with Crippen LogP contribution in [0.3, 0.4) is 0 Å². The Kier molecular flexibility index (Phi) is 3.07. The molecule has 4 nitrogen and oxygen atoms in total. The number of fused-ring (bicyclic) bond motifs is 1. The lowest BCUT2D eigenvalue weighted by Crippen LogP contribution is -2.57. The second-order valence-corrected chi connectivity index (χ2v) is 9.80. The minimum Gasteiger partial charge on any atom is -0.364 e. The number of carbonyl (C=O) groups excluding carboxylic acids is 1. The molecule has 3 atom stereocenters. The summed E-state index contributed by atoms with van der Waals surface area (Å²) in [6.07, 6.45) is 4.64. The third-order valence-corrected chi connectivity index (χ3v) is 8.01. The number of carbonyl (C=O) groups is 1. The third kappa shape index (κ3) is 2.18. The Hall–Kier alpha value is -1.39. The van der Waals surface area contributed by atoms with Gasteiger partial charge in [-0.15, -0.1) is 0 Å². The average molecular weight is 352 g/mol. The molecule has 2 heterocycles. The number of hydrogen-bond donors (Lipinski definition) is 1. The first kappa shape index (κ1) is 15.6. The van der Waals surface area contributed by atoms with Gasteiger partial charge < -0.3 is 9.64 Å². The van der Waals surface area contributed by atoms with Crippen molar-refractivity contribution >= 4 is 5.91 Å². The van der Waals surface area contributed by atoms with Crippen LogP contribution in [0.1, 0.15) is 55.6 Å². The number of piperidine rings is 1. The van der Waals surface area contributed by atoms with Gasteiger partial charge >= 0.3 is 0 Å². The van der Waals surface area contributed by atoms with Crippen LogP contribution < -0.4 is 5.32 Å². The fraction of sp³-hybridized carbons (Fsp3) is 0.682. The Morgan fingerprint density at radius 3 is 2.50 bits per heavy atom. The van der Waals surface area contributed by atoms with Crippen molar-refractivity contribution in [1.82, 2.24) is 10.2 Å². The van der Waals surface area contributed by atoms with E-state index in [1.165, 1.54) is 24.0 Å². The van der Waals surface area contributed by atoms with Crippen molar-refractivity contribution in [2.45, 2.75) is 50.0 Å². The summed E-state index contributed by atoms with van der Waals surface area (Å²) in [7, 11) is 0. The molecule has 5 fully saturated rings. The number of nitrogens with zero attached hydrogens (tertiary/aromatic N) is 1. The maximum absolute atomic E-state index is 12.9. The van der Waals surface area contributed by atoms with E-state index < -0.39 is 0 Å². The minimum absolute atomic E-state index is 0.110. The summed E-state index contributed by atoms with van der Waals surface area (Å²) < 4.78 is 5.45. The SMILES string of the molecule is C[C@]12CN(C(=O)[C@H]3C[C@]4(COCN4)C3)C[C@H]1[C@@H]2c1ccc(C2CC2)cc1. The lowest BCUT2D eigenvalue weighted by atomic mass is 9.68. The van der Waals surface area contributed by atoms with Crippen molar-refractivity contribution in [2.75, 3.05) is 26.4 Å². The molecule has 0 aromatic heterocycles. The van der Waals surface area contributed by atoms with Crippen LogP contribution in [0.2, 0.25) is 0 Å². The molecule has 1 N–H and O–H groups in total. The van der Waals surface area contributed by atoms with Crippen LogP contribution in [0.15, 0.2) is 24.3 Å². The van der Waals surface area contributed by atoms with Crippen LogP contribution >= 0.6 is 0 Å². The largest absolute Gasteiger partial charge is 0.364 e. The lowest BCUT2D eigenvalue weighted by Gasteiger charge is -2.44. The smallest absolute Gasteiger partial charge is 0.225 e. The number of benzene rings is 1. The van der Waals surface area contributed by atoms with Crippen molar-refractivity contribution in [3.63, 3.8) is 0 Å². The first-order chi connectivity index (χ1) is 12.6. The molecule has 0 radical (unpaired) electrons. The molecule has 0 bridgehead atoms. The van der Waals surface area contributed by atoms with Gasteiger partial charge in [-0.25, -0.2) is 0 Å². The molecule has 3 aliphatic carbocycles. The van der Waals surface area contributed by atoms with Crippen LogP contribution in [0.25, 0.3) is 0 Å². The monoisotopic (exact) mass is 352 g/mol. The summed E-state index contributed by atoms with van der Waals surface area (Å²) in [5.41, 5.74) is 3.42. The van der Waals surface area contributed by atoms with Gasteiger partial charge in [0.25, 0.3) is 0 Å². The molecule has 2 saturated heterocycles. The Balaban J connectivity index is 1.09. The van der Waals surface area contributed by atoms with E-state index in [9.17, 15) is 4.79 Å². The molecule has 0 unspecified atom stereocenters. The molecule has 6 rings (SSSR count). The average Bonchev–Trinajstić information content (AvgIpc) is 3.44. The van der Waals surface area contributed by atoms with E-state index in [1.807, 2.05) is 0 Å². The summed E-state index contributed by atoms with van der Waals surface area (Å²) in [5.74, 6) is 2.73. The molecule has 138 valence electrons. The zero-order valence-electron chi connectivity index (χ0n) is 15.5. The number of likely N-dealkylation sites (tertiary alicyclic amines) is 1. The number of rotatable bonds is 3. The molecule has 1 spiro atoms. The summed E-state index contributed by atoms with van der Waals surface area (Å²) in [6, 6.07) is 9.40. The zero-order valence-corrected chi connectivity index (χ0v) is 15.5. The second kappa shape index (κ2) is 5.11. The number of ether oxygens (including phenoxy) is 1. The van der Waals surface area contributed by atoms with E-state index in [2.05, 4.69) is 41.4 Å². The van der Waals surface area contributed by atoms with Crippen molar-refractivity contribution in [1.29, 1.82) is 0 Å². The Morgan fingerprint density at radius 2 is 1.92 bits per heavy atom. The molecule has 4 heteroatoms. The van der Waals surface area contributed by atoms with Crippen molar-refractivity contribution < 1.29 is 9.53 Å². The van der Waals surface area contributed by atoms with E-state index in [4.69, 9.17) is 4.74 Å². The second-order valence-electron chi connectivity index (χ2n) is 9.80. The first-order valence-electron chi connectivity index (χ1n) is 10.3. The van der Waals surface area contributed by atoms with Crippen molar-refractivity contribution in [3.05, 3.63) is 35.4 Å². The van der Waals surface area contributed by atoms with Gasteiger partial charge in [0, 0.05) is 24.5 Å². The highest BCUT2D eigenvalue weighted by Crippen LogP contribution is 2.68. The fourth-order valence-electron chi connectivity index (χ4n) is 6.16. The van der Waals surface area contributed by atoms with Gasteiger partial charge in [0.15, 0.2) is 0 Å². The summed E-state index contributed by atoms with van der Waals surface area (Å²) in [5, 5.41) is 3.42. The van der Waals surface area contributed by atoms with Gasteiger partial charge in [0.1, 0.15) is 0 Å². The fourth-order valence-corrected chi connectivity index (χ4v) is 6.16. The van der Waals surface area contributed by atoms with E-state index >= 15 is 0 Å². The van der Waals surface area contributed by atoms with Crippen LogP contribution in [-0.2, 0) is 9.53 Å². The topological polar surface area (TPSA) is 41.6 Å². The molecular formula is C22H28N2O2. The van der Waals surface area contributed by atoms with Crippen LogP contribution in [0, 0.1) is 17.3 Å². The van der Waals surface area contributed by atoms with Gasteiger partial charge in [-0.05, 0) is 60.0 Å². The highest BCUT2D eigenvalue weighted by atomic mass is 16.5. The molecule has 3 saturated carbocycles. The standard InChI is InChI=1S/C22H28N2O2/c1-21-11-24(20(25)17-8-22(9-17)12-26-13-23-22)10-18(21)19(21)16-6-4-15(5-7-16)14-2-3-14/h4-7,14,17-19,23H,2-3,8-13H2,1H3/t17-,18-,19-,21-,22+/m0/s1. The minimum atomic E-state index is 0.110. The van der Waals surface area contributed by atoms with Crippen molar-refractivity contribution in [2.24, 2.45) is 17.3 Å². The Morgan fingerprint density at radius 1 is 1.19 bits per heavy atom. The van der Waals surface area contributed by atoms with Gasteiger partial charge in [-0.3, -0.25) is 10.1 Å². The summed E-state index contributed by atoms with van der Waals surface area (Å²) >= 11 is 0. The molecular weight excluding hydrogens is 324 g/mol. The van der Waals surface area contributed by atoms with E-state index in [0.717, 1.165) is 38.5 Å². The maximum atomic E-state index is 12.9. The first-order valence-corrected chi connectivity index (χ1v) is 10.3. The molecule has 26 heavy (non-hydrogen) atoms. The number of amides is 1. The third-order valence-electron chi connectivity index (χ3n) is 8.01.